The number of nitrogen functional groups attached to an aromatic ring is 1. The second-order valence-corrected chi connectivity index (χ2v) is 10.2. The van der Waals surface area contributed by atoms with Gasteiger partial charge >= 0.3 is 6.09 Å². The van der Waals surface area contributed by atoms with Gasteiger partial charge in [-0.1, -0.05) is 12.1 Å². The van der Waals surface area contributed by atoms with Crippen LogP contribution in [0.3, 0.4) is 0 Å². The van der Waals surface area contributed by atoms with Crippen molar-refractivity contribution in [3.8, 4) is 0 Å². The summed E-state index contributed by atoms with van der Waals surface area (Å²) in [6.45, 7) is 9.68. The molecule has 1 atom stereocenters. The SMILES string of the molecule is CC(=NC1CCN(C(=O)C2CCCN(C(=O)OC(C)(C)C)C2)CC1)c1cccc(C(N)=O)c1N. The molecule has 0 bridgehead atoms. The van der Waals surface area contributed by atoms with E-state index in [2.05, 4.69) is 0 Å². The van der Waals surface area contributed by atoms with E-state index in [-0.39, 0.29) is 24.0 Å². The number of hydrogen-bond acceptors (Lipinski definition) is 6. The predicted octanol–water partition coefficient (Wildman–Crippen LogP) is 2.81. The molecule has 1 aromatic carbocycles. The molecule has 1 aromatic rings. The first-order chi connectivity index (χ1) is 16.0. The van der Waals surface area contributed by atoms with Crippen LogP contribution in [-0.4, -0.2) is 71.2 Å². The lowest BCUT2D eigenvalue weighted by molar-refractivity contribution is -0.138. The van der Waals surface area contributed by atoms with Crippen molar-refractivity contribution in [2.24, 2.45) is 16.6 Å². The minimum Gasteiger partial charge on any atom is -0.444 e. The van der Waals surface area contributed by atoms with Crippen LogP contribution in [0, 0.1) is 5.92 Å². The number of carbonyl (C=O) groups is 3. The summed E-state index contributed by atoms with van der Waals surface area (Å²) in [5.41, 5.74) is 13.1. The number of amides is 3. The van der Waals surface area contributed by atoms with Crippen LogP contribution in [0.1, 0.15) is 69.3 Å². The van der Waals surface area contributed by atoms with Crippen molar-refractivity contribution in [3.63, 3.8) is 0 Å². The highest BCUT2D eigenvalue weighted by Crippen LogP contribution is 2.25. The van der Waals surface area contributed by atoms with Gasteiger partial charge in [-0.25, -0.2) is 4.79 Å². The Morgan fingerprint density at radius 1 is 1.03 bits per heavy atom. The second-order valence-electron chi connectivity index (χ2n) is 10.2. The first-order valence-electron chi connectivity index (χ1n) is 12.0. The van der Waals surface area contributed by atoms with E-state index in [0.29, 0.717) is 43.0 Å². The Labute approximate surface area is 201 Å². The van der Waals surface area contributed by atoms with E-state index in [9.17, 15) is 14.4 Å². The fourth-order valence-corrected chi connectivity index (χ4v) is 4.58. The van der Waals surface area contributed by atoms with Crippen LogP contribution in [0.15, 0.2) is 23.2 Å². The number of nitrogens with zero attached hydrogens (tertiary/aromatic N) is 3. The third-order valence-electron chi connectivity index (χ3n) is 6.34. The summed E-state index contributed by atoms with van der Waals surface area (Å²) in [4.78, 5) is 45.5. The predicted molar refractivity (Wildman–Crippen MR) is 132 cm³/mol. The summed E-state index contributed by atoms with van der Waals surface area (Å²) >= 11 is 0. The number of primary amides is 1. The van der Waals surface area contributed by atoms with Crippen molar-refractivity contribution < 1.29 is 19.1 Å². The minimum atomic E-state index is -0.563. The second kappa shape index (κ2) is 10.4. The van der Waals surface area contributed by atoms with Gasteiger partial charge in [-0.05, 0) is 59.4 Å². The first kappa shape index (κ1) is 25.5. The molecule has 0 saturated carbocycles. The molecule has 2 heterocycles. The average Bonchev–Trinajstić information content (AvgIpc) is 2.78. The molecule has 2 saturated heterocycles. The van der Waals surface area contributed by atoms with E-state index in [0.717, 1.165) is 31.4 Å². The quantitative estimate of drug-likeness (QED) is 0.515. The number of aliphatic imine (C=N–C) groups is 1. The molecule has 2 aliphatic rings. The maximum absolute atomic E-state index is 13.2. The summed E-state index contributed by atoms with van der Waals surface area (Å²) in [5, 5.41) is 0. The van der Waals surface area contributed by atoms with E-state index < -0.39 is 11.5 Å². The Bertz CT molecular complexity index is 961. The lowest BCUT2D eigenvalue weighted by Crippen LogP contribution is -2.49. The van der Waals surface area contributed by atoms with E-state index in [1.807, 2.05) is 38.7 Å². The van der Waals surface area contributed by atoms with Gasteiger partial charge in [0.25, 0.3) is 5.91 Å². The third kappa shape index (κ3) is 6.27. The fourth-order valence-electron chi connectivity index (χ4n) is 4.58. The Balaban J connectivity index is 1.57. The van der Waals surface area contributed by atoms with Crippen molar-refractivity contribution in [2.75, 3.05) is 31.9 Å². The standard InChI is InChI=1S/C25H37N5O4/c1-16(19-8-5-9-20(21(19)26)22(27)31)28-18-10-13-29(14-11-18)23(32)17-7-6-12-30(15-17)24(33)34-25(2,3)4/h5,8-9,17-18H,6-7,10-15,26H2,1-4H3,(H2,27,31). The molecule has 0 spiro atoms. The van der Waals surface area contributed by atoms with Gasteiger partial charge in [0.05, 0.1) is 23.2 Å². The van der Waals surface area contributed by atoms with Gasteiger partial charge in [0, 0.05) is 37.5 Å². The Morgan fingerprint density at radius 3 is 2.29 bits per heavy atom. The Kier molecular flexibility index (Phi) is 7.84. The zero-order valence-corrected chi connectivity index (χ0v) is 20.7. The van der Waals surface area contributed by atoms with E-state index in [1.165, 1.54) is 0 Å². The fraction of sp³-hybridized carbons (Fsp3) is 0.600. The number of likely N-dealkylation sites (tertiary alicyclic amines) is 2. The van der Waals surface area contributed by atoms with Gasteiger partial charge < -0.3 is 26.0 Å². The number of para-hydroxylation sites is 1. The van der Waals surface area contributed by atoms with Crippen LogP contribution in [0.4, 0.5) is 10.5 Å². The van der Waals surface area contributed by atoms with Crippen molar-refractivity contribution in [1.29, 1.82) is 0 Å². The molecule has 0 radical (unpaired) electrons. The van der Waals surface area contributed by atoms with Gasteiger partial charge in [0.2, 0.25) is 5.91 Å². The molecular formula is C25H37N5O4. The molecule has 9 nitrogen and oxygen atoms in total. The van der Waals surface area contributed by atoms with Crippen LogP contribution in [0.2, 0.25) is 0 Å². The van der Waals surface area contributed by atoms with Gasteiger partial charge in [0.15, 0.2) is 0 Å². The highest BCUT2D eigenvalue weighted by atomic mass is 16.6. The number of anilines is 1. The van der Waals surface area contributed by atoms with Gasteiger partial charge in [-0.2, -0.15) is 0 Å². The number of nitrogens with two attached hydrogens (primary N) is 2. The smallest absolute Gasteiger partial charge is 0.410 e. The Morgan fingerprint density at radius 2 is 1.68 bits per heavy atom. The van der Waals surface area contributed by atoms with Crippen LogP contribution in [-0.2, 0) is 9.53 Å². The van der Waals surface area contributed by atoms with Crippen LogP contribution >= 0.6 is 0 Å². The minimum absolute atomic E-state index is 0.0744. The monoisotopic (exact) mass is 471 g/mol. The summed E-state index contributed by atoms with van der Waals surface area (Å²) < 4.78 is 5.48. The van der Waals surface area contributed by atoms with Gasteiger partial charge in [0.1, 0.15) is 5.60 Å². The molecule has 3 amide bonds. The van der Waals surface area contributed by atoms with Crippen LogP contribution in [0.25, 0.3) is 0 Å². The van der Waals surface area contributed by atoms with Crippen molar-refractivity contribution in [1.82, 2.24) is 9.80 Å². The number of rotatable bonds is 4. The summed E-state index contributed by atoms with van der Waals surface area (Å²) in [7, 11) is 0. The number of ether oxygens (including phenoxy) is 1. The molecule has 34 heavy (non-hydrogen) atoms. The number of hydrogen-bond donors (Lipinski definition) is 2. The molecule has 1 unspecified atom stereocenters. The van der Waals surface area contributed by atoms with Crippen LogP contribution in [0.5, 0.6) is 0 Å². The average molecular weight is 472 g/mol. The molecule has 0 aliphatic carbocycles. The Hall–Kier alpha value is -3.10. The molecule has 186 valence electrons. The molecule has 2 fully saturated rings. The summed E-state index contributed by atoms with van der Waals surface area (Å²) in [6, 6.07) is 5.26. The maximum Gasteiger partial charge on any atom is 0.410 e. The lowest BCUT2D eigenvalue weighted by Gasteiger charge is -2.37. The molecular weight excluding hydrogens is 434 g/mol. The lowest BCUT2D eigenvalue weighted by atomic mass is 9.95. The van der Waals surface area contributed by atoms with E-state index in [4.69, 9.17) is 21.2 Å². The molecule has 2 aliphatic heterocycles. The maximum atomic E-state index is 13.2. The van der Waals surface area contributed by atoms with Gasteiger partial charge in [-0.15, -0.1) is 0 Å². The van der Waals surface area contributed by atoms with Crippen molar-refractivity contribution in [2.45, 2.75) is 65.0 Å². The molecule has 4 N–H and O–H groups in total. The third-order valence-corrected chi connectivity index (χ3v) is 6.34. The molecule has 9 heteroatoms. The normalized spacial score (nSPS) is 20.2. The van der Waals surface area contributed by atoms with Gasteiger partial charge in [-0.3, -0.25) is 14.6 Å². The highest BCUT2D eigenvalue weighted by molar-refractivity contribution is 6.08. The number of benzene rings is 1. The number of carbonyl (C=O) groups excluding carboxylic acids is 3. The molecule has 0 aromatic heterocycles. The topological polar surface area (TPSA) is 131 Å². The van der Waals surface area contributed by atoms with Crippen molar-refractivity contribution >= 4 is 29.3 Å². The highest BCUT2D eigenvalue weighted by Gasteiger charge is 2.34. The van der Waals surface area contributed by atoms with Crippen LogP contribution < -0.4 is 11.5 Å². The summed E-state index contributed by atoms with van der Waals surface area (Å²) in [5.74, 6) is -0.655. The van der Waals surface area contributed by atoms with Crippen molar-refractivity contribution in [3.05, 3.63) is 29.3 Å². The van der Waals surface area contributed by atoms with E-state index in [1.54, 1.807) is 17.0 Å². The zero-order chi connectivity index (χ0) is 25.0. The zero-order valence-electron chi connectivity index (χ0n) is 20.7. The number of piperidine rings is 2. The van der Waals surface area contributed by atoms with E-state index >= 15 is 0 Å². The summed E-state index contributed by atoms with van der Waals surface area (Å²) in [6.07, 6.45) is 2.72. The first-order valence-corrected chi connectivity index (χ1v) is 12.0. The largest absolute Gasteiger partial charge is 0.444 e. The molecule has 3 rings (SSSR count).